The first-order chi connectivity index (χ1) is 32.4. The minimum absolute atomic E-state index is 0.0889. The van der Waals surface area contributed by atoms with Gasteiger partial charge >= 0.3 is 6.36 Å². The van der Waals surface area contributed by atoms with Crippen molar-refractivity contribution in [2.24, 2.45) is 0 Å². The number of amides is 1. The number of nitrogens with zero attached hydrogens (tertiary/aromatic N) is 3. The van der Waals surface area contributed by atoms with Crippen LogP contribution in [0.4, 0.5) is 17.6 Å². The molecular weight excluding hydrogens is 907 g/mol. The van der Waals surface area contributed by atoms with Gasteiger partial charge in [0.25, 0.3) is 0 Å². The van der Waals surface area contributed by atoms with Crippen LogP contribution in [0.15, 0.2) is 115 Å². The Hall–Kier alpha value is -5.35. The van der Waals surface area contributed by atoms with Gasteiger partial charge in [-0.15, -0.1) is 13.2 Å². The predicted octanol–water partition coefficient (Wildman–Crippen LogP) is 9.85. The van der Waals surface area contributed by atoms with Crippen molar-refractivity contribution in [2.75, 3.05) is 59.0 Å². The predicted molar refractivity (Wildman–Crippen MR) is 254 cm³/mol. The van der Waals surface area contributed by atoms with Gasteiger partial charge in [-0.25, -0.2) is 4.39 Å². The second-order valence-electron chi connectivity index (χ2n) is 17.0. The zero-order chi connectivity index (χ0) is 46.8. The second kappa shape index (κ2) is 22.2. The third kappa shape index (κ3) is 13.0. The summed E-state index contributed by atoms with van der Waals surface area (Å²) in [5, 5.41) is 12.4. The third-order valence-corrected chi connectivity index (χ3v) is 12.9. The maximum Gasteiger partial charge on any atom is 0.573 e. The largest absolute Gasteiger partial charge is 0.573 e. The number of alkyl halides is 3. The summed E-state index contributed by atoms with van der Waals surface area (Å²) in [4.78, 5) is 19.0. The van der Waals surface area contributed by atoms with Crippen LogP contribution in [-0.4, -0.2) is 91.1 Å². The molecule has 0 saturated carbocycles. The number of ether oxygens (including phenoxy) is 3. The van der Waals surface area contributed by atoms with Crippen LogP contribution in [0.3, 0.4) is 0 Å². The number of rotatable bonds is 19. The molecule has 10 nitrogen and oxygen atoms in total. The molecule has 3 heterocycles. The van der Waals surface area contributed by atoms with Crippen LogP contribution >= 0.6 is 23.2 Å². The summed E-state index contributed by atoms with van der Waals surface area (Å²) in [5.41, 5.74) is 4.57. The molecular formula is C51H54Cl2F4N6O4. The molecule has 8 rings (SSSR count). The Morgan fingerprint density at radius 2 is 1.49 bits per heavy atom. The van der Waals surface area contributed by atoms with Gasteiger partial charge in [0, 0.05) is 97.2 Å². The first-order valence-electron chi connectivity index (χ1n) is 22.6. The van der Waals surface area contributed by atoms with E-state index >= 15 is 0 Å². The Morgan fingerprint density at radius 1 is 0.776 bits per heavy atom. The third-order valence-electron chi connectivity index (χ3n) is 12.4. The van der Waals surface area contributed by atoms with Crippen molar-refractivity contribution in [3.05, 3.63) is 148 Å². The maximum absolute atomic E-state index is 14.7. The zero-order valence-electron chi connectivity index (χ0n) is 37.0. The van der Waals surface area contributed by atoms with Gasteiger partial charge in [0.2, 0.25) is 5.91 Å². The van der Waals surface area contributed by atoms with Gasteiger partial charge in [-0.1, -0.05) is 59.6 Å². The van der Waals surface area contributed by atoms with Crippen LogP contribution in [0.5, 0.6) is 17.2 Å². The van der Waals surface area contributed by atoms with Crippen molar-refractivity contribution in [2.45, 2.75) is 57.4 Å². The Bertz CT molecular complexity index is 2580. The molecule has 2 aliphatic heterocycles. The molecule has 354 valence electrons. The number of aryl methyl sites for hydroxylation is 1. The number of halogens is 6. The molecule has 16 heteroatoms. The minimum atomic E-state index is -4.78. The van der Waals surface area contributed by atoms with Crippen molar-refractivity contribution >= 4 is 40.0 Å². The number of piperazine rings is 1. The fraction of sp³-hybridized carbons (Fsp3) is 0.353. The number of hydrogen-bond donors (Lipinski definition) is 3. The van der Waals surface area contributed by atoms with Crippen LogP contribution < -0.4 is 30.2 Å². The number of nitrogens with one attached hydrogen (secondary N) is 3. The summed E-state index contributed by atoms with van der Waals surface area (Å²) >= 11 is 12.4. The number of piperidine rings is 1. The molecule has 1 amide bonds. The number of benzene rings is 5. The highest BCUT2D eigenvalue weighted by Crippen LogP contribution is 2.35. The van der Waals surface area contributed by atoms with Crippen molar-refractivity contribution < 1.29 is 36.6 Å². The SMILES string of the molecule is O=C(NCCCn1cc(-c2cccc(F)c2)c2c(CN3CCN(CCOc4ccc(Cl)cc4)CC3)cccc21)C1(NCc2cc(Cl)ccc2OCc2ccc(OC(F)(F)F)cc2)CCNCC1. The lowest BCUT2D eigenvalue weighted by atomic mass is 9.86. The summed E-state index contributed by atoms with van der Waals surface area (Å²) in [6, 6.07) is 31.3. The second-order valence-corrected chi connectivity index (χ2v) is 17.9. The van der Waals surface area contributed by atoms with Gasteiger partial charge in [-0.3, -0.25) is 19.9 Å². The molecule has 0 radical (unpaired) electrons. The summed E-state index contributed by atoms with van der Waals surface area (Å²) in [6.07, 6.45) is -0.866. The van der Waals surface area contributed by atoms with Gasteiger partial charge < -0.3 is 29.4 Å². The first kappa shape index (κ1) is 48.1. The Morgan fingerprint density at radius 3 is 2.24 bits per heavy atom. The molecule has 3 N–H and O–H groups in total. The molecule has 0 bridgehead atoms. The number of carbonyl (C=O) groups excluding carboxylic acids is 1. The number of hydrogen-bond acceptors (Lipinski definition) is 8. The quantitative estimate of drug-likeness (QED) is 0.0547. The average Bonchev–Trinajstić information content (AvgIpc) is 3.70. The van der Waals surface area contributed by atoms with Crippen molar-refractivity contribution in [1.82, 2.24) is 30.3 Å². The monoisotopic (exact) mass is 960 g/mol. The lowest BCUT2D eigenvalue weighted by Crippen LogP contribution is -2.61. The topological polar surface area (TPSA) is 92.3 Å². The van der Waals surface area contributed by atoms with Crippen LogP contribution in [-0.2, 0) is 31.0 Å². The molecule has 5 aromatic carbocycles. The average molecular weight is 962 g/mol. The van der Waals surface area contributed by atoms with Crippen LogP contribution in [0.1, 0.15) is 36.0 Å². The van der Waals surface area contributed by atoms with E-state index < -0.39 is 11.9 Å². The highest BCUT2D eigenvalue weighted by molar-refractivity contribution is 6.30. The van der Waals surface area contributed by atoms with E-state index in [0.717, 1.165) is 72.6 Å². The first-order valence-corrected chi connectivity index (χ1v) is 23.4. The zero-order valence-corrected chi connectivity index (χ0v) is 38.5. The highest BCUT2D eigenvalue weighted by atomic mass is 35.5. The standard InChI is InChI=1S/C51H54Cl2F4N6O4/c52-40-10-15-43(16-11-40)65-29-28-61-24-26-62(27-25-61)33-38-5-2-7-46-48(38)45(37-4-1-6-42(54)31-37)34-63(46)23-3-20-59-49(64)50(18-21-58-22-19-50)60-32-39-30-41(53)12-17-47(39)66-35-36-8-13-44(14-9-36)67-51(55,56)57/h1-2,4-17,30-31,34,58,60H,3,18-29,32-33,35H2,(H,59,64). The number of fused-ring (bicyclic) bond motifs is 1. The number of carbonyl (C=O) groups is 1. The molecule has 67 heavy (non-hydrogen) atoms. The Labute approximate surface area is 398 Å². The maximum atomic E-state index is 14.7. The van der Waals surface area contributed by atoms with E-state index in [9.17, 15) is 22.4 Å². The van der Waals surface area contributed by atoms with E-state index in [0.29, 0.717) is 73.4 Å². The lowest BCUT2D eigenvalue weighted by molar-refractivity contribution is -0.274. The fourth-order valence-electron chi connectivity index (χ4n) is 8.85. The van der Waals surface area contributed by atoms with E-state index in [4.69, 9.17) is 32.7 Å². The van der Waals surface area contributed by atoms with Crippen molar-refractivity contribution in [3.63, 3.8) is 0 Å². The van der Waals surface area contributed by atoms with Gasteiger partial charge in [0.1, 0.15) is 41.8 Å². The molecule has 0 atom stereocenters. The van der Waals surface area contributed by atoms with Gasteiger partial charge in [-0.2, -0.15) is 0 Å². The van der Waals surface area contributed by atoms with Crippen LogP contribution in [0.25, 0.3) is 22.0 Å². The lowest BCUT2D eigenvalue weighted by Gasteiger charge is -2.37. The van der Waals surface area contributed by atoms with Gasteiger partial charge in [-0.05, 0) is 122 Å². The fourth-order valence-corrected chi connectivity index (χ4v) is 9.17. The molecule has 0 unspecified atom stereocenters. The van der Waals surface area contributed by atoms with Crippen LogP contribution in [0.2, 0.25) is 10.0 Å². The molecule has 1 aromatic heterocycles. The Kier molecular flexibility index (Phi) is 15.9. The molecule has 2 saturated heterocycles. The van der Waals surface area contributed by atoms with E-state index in [1.807, 2.05) is 30.3 Å². The molecule has 2 fully saturated rings. The van der Waals surface area contributed by atoms with Gasteiger partial charge in [0.05, 0.1) is 0 Å². The van der Waals surface area contributed by atoms with E-state index in [2.05, 4.69) is 59.5 Å². The normalized spacial score (nSPS) is 15.7. The van der Waals surface area contributed by atoms with E-state index in [1.165, 1.54) is 35.9 Å². The summed E-state index contributed by atoms with van der Waals surface area (Å²) in [5.74, 6) is 0.652. The van der Waals surface area contributed by atoms with Crippen molar-refractivity contribution in [3.8, 4) is 28.4 Å². The molecule has 6 aromatic rings. The van der Waals surface area contributed by atoms with E-state index in [-0.39, 0.29) is 30.6 Å². The summed E-state index contributed by atoms with van der Waals surface area (Å²) < 4.78 is 70.9. The molecule has 2 aliphatic rings. The van der Waals surface area contributed by atoms with E-state index in [1.54, 1.807) is 30.3 Å². The van der Waals surface area contributed by atoms with Crippen molar-refractivity contribution in [1.29, 1.82) is 0 Å². The Balaban J connectivity index is 0.888. The highest BCUT2D eigenvalue weighted by Gasteiger charge is 2.39. The number of aromatic nitrogens is 1. The summed E-state index contributed by atoms with van der Waals surface area (Å²) in [7, 11) is 0. The van der Waals surface area contributed by atoms with Crippen LogP contribution in [0, 0.1) is 5.82 Å². The summed E-state index contributed by atoms with van der Waals surface area (Å²) in [6.45, 7) is 8.67. The molecule has 0 aliphatic carbocycles. The smallest absolute Gasteiger partial charge is 0.492 e. The van der Waals surface area contributed by atoms with Gasteiger partial charge in [0.15, 0.2) is 0 Å². The minimum Gasteiger partial charge on any atom is -0.492 e. The molecule has 0 spiro atoms.